The summed E-state index contributed by atoms with van der Waals surface area (Å²) in [5, 5.41) is 10.00. The van der Waals surface area contributed by atoms with Gasteiger partial charge in [0, 0.05) is 0 Å². The van der Waals surface area contributed by atoms with Gasteiger partial charge in [-0.15, -0.1) is 11.3 Å². The Balaban J connectivity index is 2.29. The first-order chi connectivity index (χ1) is 8.86. The summed E-state index contributed by atoms with van der Waals surface area (Å²) in [5.74, 6) is -1.10. The van der Waals surface area contributed by atoms with Crippen LogP contribution >= 0.6 is 11.3 Å². The van der Waals surface area contributed by atoms with Gasteiger partial charge >= 0.3 is 5.97 Å². The molecule has 2 rings (SSSR count). The molecule has 0 spiro atoms. The Morgan fingerprint density at radius 2 is 2.05 bits per heavy atom. The lowest BCUT2D eigenvalue weighted by molar-refractivity contribution is -0.145. The van der Waals surface area contributed by atoms with E-state index in [0.29, 0.717) is 17.8 Å². The minimum absolute atomic E-state index is 0.0659. The minimum Gasteiger partial charge on any atom is -0.480 e. The largest absolute Gasteiger partial charge is 0.480 e. The molecule has 1 fully saturated rings. The van der Waals surface area contributed by atoms with Gasteiger partial charge in [-0.1, -0.05) is 19.3 Å². The molecule has 1 heterocycles. The summed E-state index contributed by atoms with van der Waals surface area (Å²) in [4.78, 5) is 15.3. The molecule has 1 aliphatic rings. The summed E-state index contributed by atoms with van der Waals surface area (Å²) in [5.41, 5.74) is -1.37. The van der Waals surface area contributed by atoms with Crippen LogP contribution in [0.5, 0.6) is 0 Å². The second kappa shape index (κ2) is 5.18. The van der Waals surface area contributed by atoms with Crippen molar-refractivity contribution in [2.45, 2.75) is 48.8 Å². The van der Waals surface area contributed by atoms with Crippen LogP contribution in [0.3, 0.4) is 0 Å². The summed E-state index contributed by atoms with van der Waals surface area (Å²) in [7, 11) is -3.82. The molecule has 0 radical (unpaired) electrons. The maximum atomic E-state index is 12.2. The molecular weight excluding hydrogens is 288 g/mol. The van der Waals surface area contributed by atoms with Crippen LogP contribution in [0.2, 0.25) is 0 Å². The number of aliphatic carboxylic acids is 1. The van der Waals surface area contributed by atoms with Crippen molar-refractivity contribution < 1.29 is 18.3 Å². The molecule has 1 aromatic rings. The minimum atomic E-state index is -3.82. The summed E-state index contributed by atoms with van der Waals surface area (Å²) >= 11 is 1.04. The van der Waals surface area contributed by atoms with Crippen molar-refractivity contribution in [3.05, 3.63) is 11.2 Å². The van der Waals surface area contributed by atoms with E-state index in [1.54, 1.807) is 6.92 Å². The number of thiazole rings is 1. The topological polar surface area (TPSA) is 96.4 Å². The van der Waals surface area contributed by atoms with Crippen molar-refractivity contribution in [2.24, 2.45) is 0 Å². The van der Waals surface area contributed by atoms with Crippen LogP contribution in [0.1, 0.15) is 37.1 Å². The number of rotatable bonds is 4. The highest BCUT2D eigenvalue weighted by Gasteiger charge is 2.43. The quantitative estimate of drug-likeness (QED) is 0.879. The first-order valence-electron chi connectivity index (χ1n) is 6.06. The number of carboxylic acids is 1. The van der Waals surface area contributed by atoms with E-state index in [2.05, 4.69) is 9.71 Å². The standard InChI is InChI=1S/C11H16N2O4S2/c1-8-12-7-9(18-8)19(16,17)13-11(10(14)15)5-3-2-4-6-11/h7,13H,2-6H2,1H3,(H,14,15). The number of hydrogen-bond donors (Lipinski definition) is 2. The van der Waals surface area contributed by atoms with E-state index in [9.17, 15) is 18.3 Å². The Morgan fingerprint density at radius 3 is 2.53 bits per heavy atom. The highest BCUT2D eigenvalue weighted by molar-refractivity contribution is 7.91. The molecule has 0 amide bonds. The molecule has 106 valence electrons. The molecule has 2 N–H and O–H groups in total. The zero-order valence-corrected chi connectivity index (χ0v) is 12.2. The zero-order chi connectivity index (χ0) is 14.1. The van der Waals surface area contributed by atoms with Crippen LogP contribution in [0, 0.1) is 6.92 Å². The van der Waals surface area contributed by atoms with Gasteiger partial charge in [0.1, 0.15) is 5.54 Å². The smallest absolute Gasteiger partial charge is 0.324 e. The molecule has 8 heteroatoms. The normalized spacial score (nSPS) is 19.2. The van der Waals surface area contributed by atoms with E-state index in [1.165, 1.54) is 6.20 Å². The van der Waals surface area contributed by atoms with Gasteiger partial charge in [-0.3, -0.25) is 4.79 Å². The number of hydrogen-bond acceptors (Lipinski definition) is 5. The van der Waals surface area contributed by atoms with Crippen molar-refractivity contribution in [3.8, 4) is 0 Å². The third-order valence-electron chi connectivity index (χ3n) is 3.31. The molecule has 6 nitrogen and oxygen atoms in total. The Bertz CT molecular complexity index is 573. The van der Waals surface area contributed by atoms with Gasteiger partial charge in [0.15, 0.2) is 4.21 Å². The number of carbonyl (C=O) groups is 1. The van der Waals surface area contributed by atoms with Crippen molar-refractivity contribution in [1.29, 1.82) is 0 Å². The molecule has 1 aliphatic carbocycles. The van der Waals surface area contributed by atoms with Gasteiger partial charge < -0.3 is 5.11 Å². The SMILES string of the molecule is Cc1ncc(S(=O)(=O)NC2(C(=O)O)CCCCC2)s1. The summed E-state index contributed by atoms with van der Waals surface area (Å²) in [6, 6.07) is 0. The fraction of sp³-hybridized carbons (Fsp3) is 0.636. The average molecular weight is 304 g/mol. The van der Waals surface area contributed by atoms with Crippen LogP contribution in [0.25, 0.3) is 0 Å². The van der Waals surface area contributed by atoms with Crippen molar-refractivity contribution in [3.63, 3.8) is 0 Å². The molecule has 19 heavy (non-hydrogen) atoms. The Labute approximate surface area is 115 Å². The number of aryl methyl sites for hydroxylation is 1. The number of nitrogens with one attached hydrogen (secondary N) is 1. The van der Waals surface area contributed by atoms with E-state index in [4.69, 9.17) is 0 Å². The van der Waals surface area contributed by atoms with E-state index >= 15 is 0 Å². The third kappa shape index (κ3) is 2.96. The Hall–Kier alpha value is -0.990. The van der Waals surface area contributed by atoms with Crippen LogP contribution in [0.4, 0.5) is 0 Å². The number of sulfonamides is 1. The predicted molar refractivity (Wildman–Crippen MR) is 70.6 cm³/mol. The van der Waals surface area contributed by atoms with Crippen molar-refractivity contribution >= 4 is 27.3 Å². The third-order valence-corrected chi connectivity index (χ3v) is 6.22. The first-order valence-corrected chi connectivity index (χ1v) is 8.35. The van der Waals surface area contributed by atoms with E-state index in [1.807, 2.05) is 0 Å². The fourth-order valence-corrected chi connectivity index (χ4v) is 4.81. The second-order valence-corrected chi connectivity index (χ2v) is 7.90. The van der Waals surface area contributed by atoms with Gasteiger partial charge in [-0.05, 0) is 19.8 Å². The van der Waals surface area contributed by atoms with Crippen molar-refractivity contribution in [1.82, 2.24) is 9.71 Å². The van der Waals surface area contributed by atoms with E-state index < -0.39 is 21.5 Å². The lowest BCUT2D eigenvalue weighted by atomic mass is 9.83. The highest BCUT2D eigenvalue weighted by atomic mass is 32.2. The van der Waals surface area contributed by atoms with Crippen LogP contribution in [-0.2, 0) is 14.8 Å². The molecule has 0 atom stereocenters. The molecule has 0 bridgehead atoms. The van der Waals surface area contributed by atoms with Gasteiger partial charge in [0.05, 0.1) is 11.2 Å². The maximum Gasteiger partial charge on any atom is 0.324 e. The molecule has 0 aromatic carbocycles. The molecule has 1 aromatic heterocycles. The second-order valence-electron chi connectivity index (χ2n) is 4.75. The summed E-state index contributed by atoms with van der Waals surface area (Å²) < 4.78 is 26.9. The molecule has 1 saturated carbocycles. The Morgan fingerprint density at radius 1 is 1.42 bits per heavy atom. The number of aromatic nitrogens is 1. The molecular formula is C11H16N2O4S2. The maximum absolute atomic E-state index is 12.2. The van der Waals surface area contributed by atoms with Gasteiger partial charge in [-0.25, -0.2) is 13.4 Å². The van der Waals surface area contributed by atoms with Gasteiger partial charge in [0.25, 0.3) is 10.0 Å². The summed E-state index contributed by atoms with van der Waals surface area (Å²) in [6.07, 6.45) is 4.31. The summed E-state index contributed by atoms with van der Waals surface area (Å²) in [6.45, 7) is 1.71. The fourth-order valence-electron chi connectivity index (χ4n) is 2.29. The number of carboxylic acid groups (broad SMARTS) is 1. The van der Waals surface area contributed by atoms with Gasteiger partial charge in [-0.2, -0.15) is 4.72 Å². The Kier molecular flexibility index (Phi) is 3.93. The van der Waals surface area contributed by atoms with E-state index in [-0.39, 0.29) is 4.21 Å². The number of nitrogens with zero attached hydrogens (tertiary/aromatic N) is 1. The predicted octanol–water partition coefficient (Wildman–Crippen LogP) is 1.52. The van der Waals surface area contributed by atoms with Crippen LogP contribution in [0.15, 0.2) is 10.4 Å². The van der Waals surface area contributed by atoms with Crippen LogP contribution < -0.4 is 4.72 Å². The lowest BCUT2D eigenvalue weighted by Crippen LogP contribution is -2.55. The molecule has 0 saturated heterocycles. The van der Waals surface area contributed by atoms with Crippen LogP contribution in [-0.4, -0.2) is 30.0 Å². The molecule has 0 aliphatic heterocycles. The average Bonchev–Trinajstić information content (AvgIpc) is 2.77. The highest BCUT2D eigenvalue weighted by Crippen LogP contribution is 2.31. The molecule has 0 unspecified atom stereocenters. The van der Waals surface area contributed by atoms with E-state index in [0.717, 1.165) is 30.6 Å². The van der Waals surface area contributed by atoms with Gasteiger partial charge in [0.2, 0.25) is 0 Å². The van der Waals surface area contributed by atoms with Crippen molar-refractivity contribution in [2.75, 3.05) is 0 Å². The lowest BCUT2D eigenvalue weighted by Gasteiger charge is -2.33. The first kappa shape index (κ1) is 14.4. The monoisotopic (exact) mass is 304 g/mol. The zero-order valence-electron chi connectivity index (χ0n) is 10.5.